The summed E-state index contributed by atoms with van der Waals surface area (Å²) in [6, 6.07) is 0. The lowest BCUT2D eigenvalue weighted by Crippen LogP contribution is -2.14. The fourth-order valence-electron chi connectivity index (χ4n) is 1.04. The number of esters is 2. The van der Waals surface area contributed by atoms with Crippen molar-refractivity contribution in [2.75, 3.05) is 14.2 Å². The Labute approximate surface area is 90.7 Å². The highest BCUT2D eigenvalue weighted by atomic mass is 35.5. The van der Waals surface area contributed by atoms with Crippen LogP contribution in [0, 0.1) is 0 Å². The maximum atomic E-state index is 11.3. The Bertz CT molecular complexity index is 413. The molecule has 0 bridgehead atoms. The Balaban J connectivity index is 3.33. The molecule has 82 valence electrons. The second kappa shape index (κ2) is 4.31. The van der Waals surface area contributed by atoms with E-state index in [1.54, 1.807) is 0 Å². The molecule has 7 heteroatoms. The van der Waals surface area contributed by atoms with Crippen molar-refractivity contribution >= 4 is 23.5 Å². The first-order chi connectivity index (χ1) is 7.02. The van der Waals surface area contributed by atoms with E-state index < -0.39 is 11.9 Å². The largest absolute Gasteiger partial charge is 0.464 e. The first-order valence-corrected chi connectivity index (χ1v) is 4.29. The van der Waals surface area contributed by atoms with Gasteiger partial charge in [0.05, 0.1) is 14.2 Å². The SMILES string of the molecule is COC(=O)c1nc(Cl)n(C)c1C(=O)OC. The number of rotatable bonds is 2. The predicted octanol–water partition coefficient (Wildman–Crippen LogP) is 0.647. The molecule has 0 aliphatic heterocycles. The maximum absolute atomic E-state index is 11.3. The van der Waals surface area contributed by atoms with Gasteiger partial charge in [-0.15, -0.1) is 0 Å². The van der Waals surface area contributed by atoms with Gasteiger partial charge in [-0.05, 0) is 11.6 Å². The average molecular weight is 233 g/mol. The molecule has 0 aliphatic carbocycles. The van der Waals surface area contributed by atoms with Crippen LogP contribution in [0.15, 0.2) is 0 Å². The lowest BCUT2D eigenvalue weighted by molar-refractivity contribution is 0.0544. The highest BCUT2D eigenvalue weighted by Crippen LogP contribution is 2.16. The number of carbonyl (C=O) groups is 2. The lowest BCUT2D eigenvalue weighted by Gasteiger charge is -2.02. The molecular weight excluding hydrogens is 224 g/mol. The fraction of sp³-hybridized carbons (Fsp3) is 0.375. The number of ether oxygens (including phenoxy) is 2. The van der Waals surface area contributed by atoms with Gasteiger partial charge in [-0.25, -0.2) is 14.6 Å². The molecule has 0 amide bonds. The van der Waals surface area contributed by atoms with Gasteiger partial charge in [0.2, 0.25) is 5.28 Å². The molecule has 0 unspecified atom stereocenters. The van der Waals surface area contributed by atoms with Gasteiger partial charge < -0.3 is 14.0 Å². The van der Waals surface area contributed by atoms with Gasteiger partial charge in [0.1, 0.15) is 0 Å². The molecule has 0 saturated carbocycles. The average Bonchev–Trinajstić information content (AvgIpc) is 2.53. The summed E-state index contributed by atoms with van der Waals surface area (Å²) in [6.45, 7) is 0. The number of aromatic nitrogens is 2. The first kappa shape index (κ1) is 11.5. The van der Waals surface area contributed by atoms with Crippen LogP contribution < -0.4 is 0 Å². The molecule has 1 heterocycles. The van der Waals surface area contributed by atoms with Crippen LogP contribution in [0.1, 0.15) is 21.0 Å². The minimum absolute atomic E-state index is 0.0100. The number of methoxy groups -OCH3 is 2. The smallest absolute Gasteiger partial charge is 0.359 e. The van der Waals surface area contributed by atoms with E-state index in [0.717, 1.165) is 0 Å². The Kier molecular flexibility index (Phi) is 3.31. The molecule has 15 heavy (non-hydrogen) atoms. The van der Waals surface area contributed by atoms with Crippen molar-refractivity contribution in [3.63, 3.8) is 0 Å². The summed E-state index contributed by atoms with van der Waals surface area (Å²) in [4.78, 5) is 26.3. The highest BCUT2D eigenvalue weighted by Gasteiger charge is 2.26. The Morgan fingerprint density at radius 1 is 1.27 bits per heavy atom. The fourth-order valence-corrected chi connectivity index (χ4v) is 1.21. The van der Waals surface area contributed by atoms with E-state index in [2.05, 4.69) is 14.5 Å². The zero-order valence-electron chi connectivity index (χ0n) is 8.41. The van der Waals surface area contributed by atoms with E-state index in [-0.39, 0.29) is 16.7 Å². The Morgan fingerprint density at radius 3 is 2.27 bits per heavy atom. The maximum Gasteiger partial charge on any atom is 0.359 e. The molecule has 0 N–H and O–H groups in total. The Hall–Kier alpha value is -1.56. The van der Waals surface area contributed by atoms with Crippen LogP contribution in [-0.2, 0) is 16.5 Å². The van der Waals surface area contributed by atoms with Gasteiger partial charge in [-0.2, -0.15) is 0 Å². The second-order valence-corrected chi connectivity index (χ2v) is 2.96. The normalized spacial score (nSPS) is 9.87. The molecule has 0 aliphatic rings. The van der Waals surface area contributed by atoms with Crippen LogP contribution in [0.25, 0.3) is 0 Å². The molecule has 1 aromatic rings. The van der Waals surface area contributed by atoms with Crippen LogP contribution in [0.3, 0.4) is 0 Å². The van der Waals surface area contributed by atoms with Gasteiger partial charge in [-0.1, -0.05) is 0 Å². The van der Waals surface area contributed by atoms with Crippen molar-refractivity contribution in [3.05, 3.63) is 16.7 Å². The number of halogens is 1. The van der Waals surface area contributed by atoms with Gasteiger partial charge in [0.25, 0.3) is 0 Å². The standard InChI is InChI=1S/C8H9ClN2O4/c1-11-5(7(13)15-3)4(6(12)14-2)10-8(11)9/h1-3H3. The quantitative estimate of drug-likeness (QED) is 0.700. The third-order valence-corrected chi connectivity index (χ3v) is 2.14. The molecule has 0 atom stereocenters. The van der Waals surface area contributed by atoms with E-state index in [9.17, 15) is 9.59 Å². The number of hydrogen-bond donors (Lipinski definition) is 0. The molecule has 0 radical (unpaired) electrons. The monoisotopic (exact) mass is 232 g/mol. The molecule has 1 aromatic heterocycles. The van der Waals surface area contributed by atoms with Crippen LogP contribution in [-0.4, -0.2) is 35.7 Å². The van der Waals surface area contributed by atoms with Crippen molar-refractivity contribution in [2.24, 2.45) is 7.05 Å². The van der Waals surface area contributed by atoms with Gasteiger partial charge in [0, 0.05) is 7.05 Å². The Morgan fingerprint density at radius 2 is 1.80 bits per heavy atom. The van der Waals surface area contributed by atoms with Crippen molar-refractivity contribution in [1.82, 2.24) is 9.55 Å². The van der Waals surface area contributed by atoms with Gasteiger partial charge >= 0.3 is 11.9 Å². The molecule has 0 fully saturated rings. The highest BCUT2D eigenvalue weighted by molar-refractivity contribution is 6.29. The van der Waals surface area contributed by atoms with Gasteiger partial charge in [0.15, 0.2) is 11.4 Å². The van der Waals surface area contributed by atoms with Crippen LogP contribution in [0.2, 0.25) is 5.28 Å². The molecular formula is C8H9ClN2O4. The molecule has 1 rings (SSSR count). The molecule has 0 spiro atoms. The zero-order valence-corrected chi connectivity index (χ0v) is 9.16. The summed E-state index contributed by atoms with van der Waals surface area (Å²) in [6.07, 6.45) is 0. The predicted molar refractivity (Wildman–Crippen MR) is 50.9 cm³/mol. The third kappa shape index (κ3) is 1.94. The van der Waals surface area contributed by atoms with E-state index in [1.165, 1.54) is 25.8 Å². The van der Waals surface area contributed by atoms with Crippen molar-refractivity contribution in [1.29, 1.82) is 0 Å². The van der Waals surface area contributed by atoms with E-state index in [1.807, 2.05) is 0 Å². The van der Waals surface area contributed by atoms with E-state index >= 15 is 0 Å². The number of nitrogens with zero attached hydrogens (tertiary/aromatic N) is 2. The summed E-state index contributed by atoms with van der Waals surface area (Å²) in [5.41, 5.74) is -0.189. The minimum Gasteiger partial charge on any atom is -0.464 e. The lowest BCUT2D eigenvalue weighted by atomic mass is 10.3. The third-order valence-electron chi connectivity index (χ3n) is 1.80. The first-order valence-electron chi connectivity index (χ1n) is 3.91. The van der Waals surface area contributed by atoms with Crippen LogP contribution in [0.4, 0.5) is 0 Å². The van der Waals surface area contributed by atoms with E-state index in [0.29, 0.717) is 0 Å². The van der Waals surface area contributed by atoms with Gasteiger partial charge in [-0.3, -0.25) is 0 Å². The zero-order chi connectivity index (χ0) is 11.6. The summed E-state index contributed by atoms with van der Waals surface area (Å²) in [5.74, 6) is -1.43. The summed E-state index contributed by atoms with van der Waals surface area (Å²) in [7, 11) is 3.88. The minimum atomic E-state index is -0.738. The second-order valence-electron chi connectivity index (χ2n) is 2.62. The summed E-state index contributed by atoms with van der Waals surface area (Å²) >= 11 is 5.67. The van der Waals surface area contributed by atoms with Crippen LogP contribution in [0.5, 0.6) is 0 Å². The number of imidazole rings is 1. The molecule has 0 saturated heterocycles. The topological polar surface area (TPSA) is 70.4 Å². The van der Waals surface area contributed by atoms with Crippen LogP contribution >= 0.6 is 11.6 Å². The molecule has 0 aromatic carbocycles. The van der Waals surface area contributed by atoms with Crippen molar-refractivity contribution in [2.45, 2.75) is 0 Å². The molecule has 6 nitrogen and oxygen atoms in total. The van der Waals surface area contributed by atoms with Crippen molar-refractivity contribution < 1.29 is 19.1 Å². The van der Waals surface area contributed by atoms with E-state index in [4.69, 9.17) is 11.6 Å². The summed E-state index contributed by atoms with van der Waals surface area (Å²) in [5, 5.41) is 0.0100. The van der Waals surface area contributed by atoms with Crippen molar-refractivity contribution in [3.8, 4) is 0 Å². The number of hydrogen-bond acceptors (Lipinski definition) is 5. The number of carbonyl (C=O) groups excluding carboxylic acids is 2. The summed E-state index contributed by atoms with van der Waals surface area (Å²) < 4.78 is 10.2.